The van der Waals surface area contributed by atoms with E-state index in [4.69, 9.17) is 0 Å². The third-order valence-corrected chi connectivity index (χ3v) is 4.01. The maximum Gasteiger partial charge on any atom is 0.182 e. The van der Waals surface area contributed by atoms with Gasteiger partial charge < -0.3 is 9.88 Å². The van der Waals surface area contributed by atoms with E-state index < -0.39 is 0 Å². The molecule has 6 nitrogen and oxygen atoms in total. The van der Waals surface area contributed by atoms with Crippen molar-refractivity contribution in [3.05, 3.63) is 42.7 Å². The van der Waals surface area contributed by atoms with E-state index >= 15 is 0 Å². The van der Waals surface area contributed by atoms with Gasteiger partial charge in [0.05, 0.1) is 6.33 Å². The fraction of sp³-hybridized carbons (Fsp3) is 0.333. The highest BCUT2D eigenvalue weighted by Crippen LogP contribution is 2.27. The fourth-order valence-corrected chi connectivity index (χ4v) is 3.00. The van der Waals surface area contributed by atoms with Gasteiger partial charge in [0.2, 0.25) is 0 Å². The van der Waals surface area contributed by atoms with Gasteiger partial charge in [-0.3, -0.25) is 4.98 Å². The van der Waals surface area contributed by atoms with E-state index in [0.717, 1.165) is 42.9 Å². The number of imidazole rings is 1. The molecule has 0 aromatic carbocycles. The lowest BCUT2D eigenvalue weighted by Crippen LogP contribution is -2.22. The van der Waals surface area contributed by atoms with E-state index in [1.165, 1.54) is 5.69 Å². The van der Waals surface area contributed by atoms with Crippen molar-refractivity contribution in [2.45, 2.75) is 12.8 Å². The molecule has 1 atom stereocenters. The molecule has 1 N–H and O–H groups in total. The van der Waals surface area contributed by atoms with Gasteiger partial charge in [0.1, 0.15) is 11.8 Å². The summed E-state index contributed by atoms with van der Waals surface area (Å²) >= 11 is 0. The average Bonchev–Trinajstić information content (AvgIpc) is 3.16. The van der Waals surface area contributed by atoms with E-state index in [9.17, 15) is 0 Å². The Bertz CT molecular complexity index is 738. The Kier molecular flexibility index (Phi) is 2.99. The van der Waals surface area contributed by atoms with Gasteiger partial charge >= 0.3 is 0 Å². The van der Waals surface area contributed by atoms with Crippen LogP contribution in [0.1, 0.15) is 12.1 Å². The summed E-state index contributed by atoms with van der Waals surface area (Å²) < 4.78 is 0. The second-order valence-corrected chi connectivity index (χ2v) is 5.42. The number of pyridine rings is 1. The van der Waals surface area contributed by atoms with Crippen LogP contribution in [0.3, 0.4) is 0 Å². The molecule has 1 aliphatic rings. The van der Waals surface area contributed by atoms with Crippen LogP contribution in [0, 0.1) is 5.92 Å². The number of H-pyrrole nitrogens is 1. The number of hydrogen-bond donors (Lipinski definition) is 1. The van der Waals surface area contributed by atoms with E-state index in [2.05, 4.69) is 35.9 Å². The first-order valence-electron chi connectivity index (χ1n) is 7.19. The third-order valence-electron chi connectivity index (χ3n) is 4.01. The molecule has 21 heavy (non-hydrogen) atoms. The van der Waals surface area contributed by atoms with Gasteiger partial charge in [0, 0.05) is 25.0 Å². The number of rotatable bonds is 3. The van der Waals surface area contributed by atoms with Gasteiger partial charge in [-0.05, 0) is 30.9 Å². The van der Waals surface area contributed by atoms with Crippen LogP contribution in [0.5, 0.6) is 0 Å². The monoisotopic (exact) mass is 280 g/mol. The minimum Gasteiger partial charge on any atom is -0.354 e. The van der Waals surface area contributed by atoms with Crippen molar-refractivity contribution in [2.75, 3.05) is 18.0 Å². The van der Waals surface area contributed by atoms with Crippen molar-refractivity contribution >= 4 is 17.0 Å². The molecule has 6 heteroatoms. The minimum atomic E-state index is 0.618. The van der Waals surface area contributed by atoms with Crippen LogP contribution in [0.4, 0.5) is 5.82 Å². The van der Waals surface area contributed by atoms with Crippen LogP contribution in [0.2, 0.25) is 0 Å². The van der Waals surface area contributed by atoms with Gasteiger partial charge in [0.25, 0.3) is 0 Å². The van der Waals surface area contributed by atoms with Crippen molar-refractivity contribution in [1.29, 1.82) is 0 Å². The van der Waals surface area contributed by atoms with Crippen LogP contribution in [-0.4, -0.2) is 38.0 Å². The molecule has 3 aromatic rings. The van der Waals surface area contributed by atoms with Gasteiger partial charge in [0.15, 0.2) is 11.5 Å². The molecule has 4 heterocycles. The summed E-state index contributed by atoms with van der Waals surface area (Å²) in [7, 11) is 0. The van der Waals surface area contributed by atoms with Gasteiger partial charge in [-0.15, -0.1) is 0 Å². The first-order valence-corrected chi connectivity index (χ1v) is 7.19. The lowest BCUT2D eigenvalue weighted by Gasteiger charge is -2.17. The molecule has 1 unspecified atom stereocenters. The molecule has 106 valence electrons. The van der Waals surface area contributed by atoms with Crippen molar-refractivity contribution in [1.82, 2.24) is 24.9 Å². The molecule has 4 rings (SSSR count). The van der Waals surface area contributed by atoms with E-state index in [1.807, 2.05) is 18.3 Å². The van der Waals surface area contributed by atoms with Gasteiger partial charge in [-0.2, -0.15) is 0 Å². The first kappa shape index (κ1) is 12.3. The molecule has 3 aromatic heterocycles. The molecule has 0 amide bonds. The van der Waals surface area contributed by atoms with Crippen LogP contribution >= 0.6 is 0 Å². The molecule has 0 spiro atoms. The van der Waals surface area contributed by atoms with E-state index in [1.54, 1.807) is 12.7 Å². The predicted molar refractivity (Wildman–Crippen MR) is 79.9 cm³/mol. The summed E-state index contributed by atoms with van der Waals surface area (Å²) in [6, 6.07) is 6.11. The second-order valence-electron chi connectivity index (χ2n) is 5.42. The zero-order valence-electron chi connectivity index (χ0n) is 11.6. The summed E-state index contributed by atoms with van der Waals surface area (Å²) in [5, 5.41) is 0. The highest BCUT2D eigenvalue weighted by Gasteiger charge is 2.25. The maximum atomic E-state index is 4.43. The Morgan fingerprint density at radius 1 is 1.19 bits per heavy atom. The summed E-state index contributed by atoms with van der Waals surface area (Å²) in [6.07, 6.45) is 7.31. The van der Waals surface area contributed by atoms with Crippen LogP contribution in [0.25, 0.3) is 11.2 Å². The molecule has 0 bridgehead atoms. The zero-order valence-corrected chi connectivity index (χ0v) is 11.6. The number of nitrogens with zero attached hydrogens (tertiary/aromatic N) is 5. The van der Waals surface area contributed by atoms with Crippen molar-refractivity contribution in [3.63, 3.8) is 0 Å². The average molecular weight is 280 g/mol. The maximum absolute atomic E-state index is 4.43. The molecular weight excluding hydrogens is 264 g/mol. The molecule has 1 saturated heterocycles. The fourth-order valence-electron chi connectivity index (χ4n) is 3.00. The molecular formula is C15H16N6. The SMILES string of the molecule is c1ccc(CC2CCN(c3ncnc4nc[nH]c34)C2)nc1. The number of aromatic nitrogens is 5. The van der Waals surface area contributed by atoms with Gasteiger partial charge in [-0.1, -0.05) is 6.07 Å². The van der Waals surface area contributed by atoms with E-state index in [0.29, 0.717) is 5.92 Å². The molecule has 1 aliphatic heterocycles. The van der Waals surface area contributed by atoms with Crippen molar-refractivity contribution in [2.24, 2.45) is 5.92 Å². The Labute approximate surface area is 122 Å². The summed E-state index contributed by atoms with van der Waals surface area (Å²) in [5.41, 5.74) is 2.82. The highest BCUT2D eigenvalue weighted by atomic mass is 15.2. The highest BCUT2D eigenvalue weighted by molar-refractivity contribution is 5.82. The number of aromatic amines is 1. The lowest BCUT2D eigenvalue weighted by molar-refractivity contribution is 0.577. The molecule has 0 aliphatic carbocycles. The lowest BCUT2D eigenvalue weighted by atomic mass is 10.0. The summed E-state index contributed by atoms with van der Waals surface area (Å²) in [6.45, 7) is 2.02. The Hall–Kier alpha value is -2.50. The van der Waals surface area contributed by atoms with Gasteiger partial charge in [-0.25, -0.2) is 15.0 Å². The number of anilines is 1. The standard InChI is InChI=1S/C15H16N6/c1-2-5-16-12(3-1)7-11-4-6-21(8-11)15-13-14(18-9-17-13)19-10-20-15/h1-3,5,9-11H,4,6-8H2,(H,17,18,19,20). The van der Waals surface area contributed by atoms with Crippen molar-refractivity contribution in [3.8, 4) is 0 Å². The number of fused-ring (bicyclic) bond motifs is 1. The topological polar surface area (TPSA) is 70.6 Å². The predicted octanol–water partition coefficient (Wildman–Crippen LogP) is 1.82. The summed E-state index contributed by atoms with van der Waals surface area (Å²) in [5.74, 6) is 1.58. The Morgan fingerprint density at radius 2 is 2.19 bits per heavy atom. The number of nitrogens with one attached hydrogen (secondary N) is 1. The Balaban J connectivity index is 1.52. The van der Waals surface area contributed by atoms with Crippen LogP contribution in [0.15, 0.2) is 37.1 Å². The minimum absolute atomic E-state index is 0.618. The molecule has 0 saturated carbocycles. The Morgan fingerprint density at radius 3 is 3.10 bits per heavy atom. The third kappa shape index (κ3) is 2.33. The largest absolute Gasteiger partial charge is 0.354 e. The van der Waals surface area contributed by atoms with Crippen molar-refractivity contribution < 1.29 is 0 Å². The quantitative estimate of drug-likeness (QED) is 0.792. The molecule has 0 radical (unpaired) electrons. The van der Waals surface area contributed by atoms with Crippen LogP contribution in [-0.2, 0) is 6.42 Å². The first-order chi connectivity index (χ1) is 10.4. The smallest absolute Gasteiger partial charge is 0.182 e. The number of hydrogen-bond acceptors (Lipinski definition) is 5. The van der Waals surface area contributed by atoms with Crippen LogP contribution < -0.4 is 4.90 Å². The zero-order chi connectivity index (χ0) is 14.1. The molecule has 1 fully saturated rings. The summed E-state index contributed by atoms with van der Waals surface area (Å²) in [4.78, 5) is 22.7. The normalized spacial score (nSPS) is 18.5. The van der Waals surface area contributed by atoms with E-state index in [-0.39, 0.29) is 0 Å². The second kappa shape index (κ2) is 5.12.